The summed E-state index contributed by atoms with van der Waals surface area (Å²) in [5.74, 6) is 1.27. The molecule has 6 heteroatoms. The van der Waals surface area contributed by atoms with Crippen molar-refractivity contribution < 1.29 is 0 Å². The van der Waals surface area contributed by atoms with Gasteiger partial charge in [0, 0.05) is 16.0 Å². The molecule has 2 aromatic carbocycles. The average molecular weight is 362 g/mol. The molecule has 0 amide bonds. The Labute approximate surface area is 155 Å². The van der Waals surface area contributed by atoms with E-state index in [0.29, 0.717) is 5.92 Å². The van der Waals surface area contributed by atoms with Gasteiger partial charge in [-0.1, -0.05) is 48.4 Å². The Kier molecular flexibility index (Phi) is 3.68. The summed E-state index contributed by atoms with van der Waals surface area (Å²) in [6.45, 7) is 0. The van der Waals surface area contributed by atoms with Gasteiger partial charge in [0.25, 0.3) is 0 Å². The van der Waals surface area contributed by atoms with E-state index in [4.69, 9.17) is 16.6 Å². The van der Waals surface area contributed by atoms with Crippen molar-refractivity contribution in [2.45, 2.75) is 25.2 Å². The molecule has 0 N–H and O–H groups in total. The van der Waals surface area contributed by atoms with Gasteiger partial charge in [-0.05, 0) is 58.5 Å². The summed E-state index contributed by atoms with van der Waals surface area (Å²) in [4.78, 5) is 4.90. The smallest absolute Gasteiger partial charge is 0.165 e. The molecule has 2 heterocycles. The van der Waals surface area contributed by atoms with Gasteiger partial charge in [0.15, 0.2) is 5.82 Å². The maximum atomic E-state index is 6.33. The molecule has 0 saturated heterocycles. The molecule has 0 bridgehead atoms. The maximum absolute atomic E-state index is 6.33. The Morgan fingerprint density at radius 3 is 2.58 bits per heavy atom. The summed E-state index contributed by atoms with van der Waals surface area (Å²) in [6.07, 6.45) is 5.21. The number of hydrogen-bond donors (Lipinski definition) is 0. The van der Waals surface area contributed by atoms with Gasteiger partial charge in [0.1, 0.15) is 6.33 Å². The third-order valence-corrected chi connectivity index (χ3v) is 5.35. The highest BCUT2D eigenvalue weighted by atomic mass is 35.5. The van der Waals surface area contributed by atoms with E-state index in [1.807, 2.05) is 36.4 Å². The average Bonchev–Trinajstić information content (AvgIpc) is 3.15. The number of aromatic nitrogens is 5. The van der Waals surface area contributed by atoms with Gasteiger partial charge in [-0.15, -0.1) is 5.10 Å². The fourth-order valence-electron chi connectivity index (χ4n) is 3.68. The Hall–Kier alpha value is -2.79. The minimum Gasteiger partial charge on any atom is -0.228 e. The van der Waals surface area contributed by atoms with E-state index in [1.54, 1.807) is 11.0 Å². The van der Waals surface area contributed by atoms with Crippen molar-refractivity contribution in [1.29, 1.82) is 0 Å². The van der Waals surface area contributed by atoms with Crippen LogP contribution in [-0.2, 0) is 0 Å². The van der Waals surface area contributed by atoms with Crippen LogP contribution >= 0.6 is 11.6 Å². The van der Waals surface area contributed by atoms with Gasteiger partial charge in [-0.2, -0.15) is 4.68 Å². The Balaban J connectivity index is 1.92. The molecule has 1 aliphatic carbocycles. The molecule has 2 aromatic heterocycles. The first-order valence-corrected chi connectivity index (χ1v) is 9.11. The van der Waals surface area contributed by atoms with E-state index in [0.717, 1.165) is 32.9 Å². The minimum atomic E-state index is 0.504. The van der Waals surface area contributed by atoms with E-state index in [1.165, 1.54) is 24.8 Å². The van der Waals surface area contributed by atoms with Crippen LogP contribution in [-0.4, -0.2) is 25.2 Å². The first-order valence-electron chi connectivity index (χ1n) is 8.73. The molecule has 0 radical (unpaired) electrons. The molecule has 1 aliphatic rings. The molecule has 5 nitrogen and oxygen atoms in total. The van der Waals surface area contributed by atoms with Gasteiger partial charge in [0.2, 0.25) is 0 Å². The zero-order chi connectivity index (χ0) is 17.5. The lowest BCUT2D eigenvalue weighted by Gasteiger charge is -2.30. The quantitative estimate of drug-likeness (QED) is 0.526. The lowest BCUT2D eigenvalue weighted by atomic mass is 9.76. The van der Waals surface area contributed by atoms with Gasteiger partial charge < -0.3 is 0 Å². The molecule has 128 valence electrons. The van der Waals surface area contributed by atoms with Crippen molar-refractivity contribution in [2.24, 2.45) is 0 Å². The van der Waals surface area contributed by atoms with Crippen molar-refractivity contribution in [3.63, 3.8) is 0 Å². The first-order chi connectivity index (χ1) is 12.8. The predicted molar refractivity (Wildman–Crippen MR) is 101 cm³/mol. The summed E-state index contributed by atoms with van der Waals surface area (Å²) in [6, 6.07) is 16.2. The summed E-state index contributed by atoms with van der Waals surface area (Å²) >= 11 is 6.33. The summed E-state index contributed by atoms with van der Waals surface area (Å²) in [7, 11) is 0. The van der Waals surface area contributed by atoms with Crippen LogP contribution in [0.25, 0.3) is 27.8 Å². The Morgan fingerprint density at radius 2 is 1.88 bits per heavy atom. The van der Waals surface area contributed by atoms with Crippen LogP contribution in [0.3, 0.4) is 0 Å². The minimum absolute atomic E-state index is 0.504. The van der Waals surface area contributed by atoms with E-state index >= 15 is 0 Å². The fraction of sp³-hybridized carbons (Fsp3) is 0.200. The van der Waals surface area contributed by atoms with Crippen LogP contribution in [0, 0.1) is 0 Å². The molecular weight excluding hydrogens is 346 g/mol. The summed E-state index contributed by atoms with van der Waals surface area (Å²) in [5, 5.41) is 13.6. The molecule has 1 fully saturated rings. The maximum Gasteiger partial charge on any atom is 0.165 e. The second-order valence-corrected chi connectivity index (χ2v) is 7.07. The highest BCUT2D eigenvalue weighted by molar-refractivity contribution is 6.31. The topological polar surface area (TPSA) is 56.5 Å². The van der Waals surface area contributed by atoms with Crippen LogP contribution in [0.2, 0.25) is 5.02 Å². The van der Waals surface area contributed by atoms with Crippen LogP contribution in [0.1, 0.15) is 30.7 Å². The predicted octanol–water partition coefficient (Wildman–Crippen LogP) is 4.80. The van der Waals surface area contributed by atoms with Crippen LogP contribution in [0.15, 0.2) is 54.9 Å². The first kappa shape index (κ1) is 15.5. The number of pyridine rings is 1. The number of nitrogens with zero attached hydrogens (tertiary/aromatic N) is 5. The third kappa shape index (κ3) is 2.47. The van der Waals surface area contributed by atoms with E-state index in [9.17, 15) is 0 Å². The van der Waals surface area contributed by atoms with Gasteiger partial charge in [-0.3, -0.25) is 0 Å². The fourth-order valence-corrected chi connectivity index (χ4v) is 3.85. The number of rotatable bonds is 3. The van der Waals surface area contributed by atoms with Crippen molar-refractivity contribution in [2.75, 3.05) is 0 Å². The second kappa shape index (κ2) is 6.18. The van der Waals surface area contributed by atoms with Crippen LogP contribution in [0.5, 0.6) is 0 Å². The molecular formula is C20H16ClN5. The number of fused-ring (bicyclic) bond motifs is 1. The van der Waals surface area contributed by atoms with Crippen LogP contribution < -0.4 is 0 Å². The molecule has 4 aromatic rings. The van der Waals surface area contributed by atoms with Crippen molar-refractivity contribution in [3.8, 4) is 16.9 Å². The summed E-state index contributed by atoms with van der Waals surface area (Å²) < 4.78 is 1.65. The number of tetrazole rings is 1. The normalized spacial score (nSPS) is 14.5. The van der Waals surface area contributed by atoms with Crippen molar-refractivity contribution >= 4 is 22.5 Å². The SMILES string of the molecule is Clc1ccc2nc(-n3cnnn3)c(-c3ccccc3)c(C3CCC3)c2c1. The molecule has 5 rings (SSSR count). The molecule has 0 spiro atoms. The van der Waals surface area contributed by atoms with Crippen molar-refractivity contribution in [3.05, 3.63) is 65.4 Å². The number of hydrogen-bond acceptors (Lipinski definition) is 4. The monoisotopic (exact) mass is 361 g/mol. The van der Waals surface area contributed by atoms with E-state index < -0.39 is 0 Å². The van der Waals surface area contributed by atoms with Gasteiger partial charge >= 0.3 is 0 Å². The summed E-state index contributed by atoms with van der Waals surface area (Å²) in [5.41, 5.74) is 4.44. The highest BCUT2D eigenvalue weighted by Gasteiger charge is 2.28. The van der Waals surface area contributed by atoms with E-state index in [2.05, 4.69) is 27.7 Å². The molecule has 1 saturated carbocycles. The zero-order valence-electron chi connectivity index (χ0n) is 14.0. The second-order valence-electron chi connectivity index (χ2n) is 6.63. The third-order valence-electron chi connectivity index (χ3n) is 5.11. The Bertz CT molecular complexity index is 1070. The Morgan fingerprint density at radius 1 is 1.04 bits per heavy atom. The zero-order valence-corrected chi connectivity index (χ0v) is 14.8. The molecule has 0 atom stereocenters. The standard InChI is InChI=1S/C20H16ClN5/c21-15-9-10-17-16(11-15)18(13-7-4-8-13)19(14-5-2-1-3-6-14)20(23-17)26-12-22-24-25-26/h1-3,5-6,9-13H,4,7-8H2. The highest BCUT2D eigenvalue weighted by Crippen LogP contribution is 2.46. The lowest BCUT2D eigenvalue weighted by molar-refractivity contribution is 0.422. The molecule has 0 unspecified atom stereocenters. The molecule has 0 aliphatic heterocycles. The van der Waals surface area contributed by atoms with Crippen molar-refractivity contribution in [1.82, 2.24) is 25.2 Å². The number of halogens is 1. The van der Waals surface area contributed by atoms with Gasteiger partial charge in [-0.25, -0.2) is 4.98 Å². The van der Waals surface area contributed by atoms with Crippen LogP contribution in [0.4, 0.5) is 0 Å². The van der Waals surface area contributed by atoms with Gasteiger partial charge in [0.05, 0.1) is 5.52 Å². The largest absolute Gasteiger partial charge is 0.228 e. The molecule has 26 heavy (non-hydrogen) atoms. The lowest BCUT2D eigenvalue weighted by Crippen LogP contribution is -2.14. The number of benzene rings is 2. The van der Waals surface area contributed by atoms with E-state index in [-0.39, 0.29) is 0 Å².